The maximum atomic E-state index is 12.6. The van der Waals surface area contributed by atoms with Crippen LogP contribution in [-0.2, 0) is 17.8 Å². The molecule has 3 heterocycles. The van der Waals surface area contributed by atoms with Gasteiger partial charge in [0.25, 0.3) is 0 Å². The molecule has 0 fully saturated rings. The molecule has 0 saturated carbocycles. The SMILES string of the molecule is COc1ccc(-c2nc(CNC(=O)Cc3csc4nc(-c5ccc(Cl)cc5)cn34)cs2)cc1. The second kappa shape index (κ2) is 9.35. The lowest BCUT2D eigenvalue weighted by Gasteiger charge is -2.03. The molecule has 6 nitrogen and oxygen atoms in total. The van der Waals surface area contributed by atoms with Crippen molar-refractivity contribution >= 4 is 45.1 Å². The summed E-state index contributed by atoms with van der Waals surface area (Å²) in [7, 11) is 1.64. The first-order valence-corrected chi connectivity index (χ1v) is 12.3. The molecule has 33 heavy (non-hydrogen) atoms. The summed E-state index contributed by atoms with van der Waals surface area (Å²) in [5, 5.41) is 8.51. The summed E-state index contributed by atoms with van der Waals surface area (Å²) in [6.07, 6.45) is 2.23. The quantitative estimate of drug-likeness (QED) is 0.315. The van der Waals surface area contributed by atoms with Gasteiger partial charge in [-0.3, -0.25) is 9.20 Å². The van der Waals surface area contributed by atoms with Crippen LogP contribution in [0.15, 0.2) is 65.5 Å². The maximum absolute atomic E-state index is 12.6. The van der Waals surface area contributed by atoms with E-state index >= 15 is 0 Å². The Morgan fingerprint density at radius 2 is 1.79 bits per heavy atom. The molecular weight excluding hydrogens is 476 g/mol. The molecule has 0 radical (unpaired) electrons. The fraction of sp³-hybridized carbons (Fsp3) is 0.125. The third-order valence-electron chi connectivity index (χ3n) is 5.12. The topological polar surface area (TPSA) is 68.5 Å². The van der Waals surface area contributed by atoms with Crippen LogP contribution in [0.1, 0.15) is 11.4 Å². The highest BCUT2D eigenvalue weighted by molar-refractivity contribution is 7.15. The van der Waals surface area contributed by atoms with Crippen LogP contribution in [0.3, 0.4) is 0 Å². The monoisotopic (exact) mass is 494 g/mol. The van der Waals surface area contributed by atoms with Gasteiger partial charge in [-0.1, -0.05) is 23.7 Å². The molecule has 0 atom stereocenters. The highest BCUT2D eigenvalue weighted by Crippen LogP contribution is 2.26. The summed E-state index contributed by atoms with van der Waals surface area (Å²) in [6, 6.07) is 15.3. The van der Waals surface area contributed by atoms with Gasteiger partial charge in [-0.25, -0.2) is 9.97 Å². The van der Waals surface area contributed by atoms with Crippen LogP contribution in [0.2, 0.25) is 5.02 Å². The molecule has 0 bridgehead atoms. The Balaban J connectivity index is 1.22. The number of nitrogens with one attached hydrogen (secondary N) is 1. The van der Waals surface area contributed by atoms with Crippen molar-refractivity contribution in [2.24, 2.45) is 0 Å². The summed E-state index contributed by atoms with van der Waals surface area (Å²) in [6.45, 7) is 0.388. The normalized spacial score (nSPS) is 11.1. The van der Waals surface area contributed by atoms with E-state index in [-0.39, 0.29) is 12.3 Å². The molecule has 0 saturated heterocycles. The Kier molecular flexibility index (Phi) is 6.13. The number of hydrogen-bond donors (Lipinski definition) is 1. The van der Waals surface area contributed by atoms with Crippen molar-refractivity contribution in [1.82, 2.24) is 19.7 Å². The Morgan fingerprint density at radius 3 is 2.55 bits per heavy atom. The van der Waals surface area contributed by atoms with Crippen molar-refractivity contribution in [3.63, 3.8) is 0 Å². The Bertz CT molecular complexity index is 1400. The molecule has 166 valence electrons. The number of methoxy groups -OCH3 is 1. The van der Waals surface area contributed by atoms with Crippen LogP contribution in [0.4, 0.5) is 0 Å². The first-order valence-electron chi connectivity index (χ1n) is 10.2. The lowest BCUT2D eigenvalue weighted by molar-refractivity contribution is -0.120. The van der Waals surface area contributed by atoms with Gasteiger partial charge in [0.05, 0.1) is 31.5 Å². The van der Waals surface area contributed by atoms with Crippen LogP contribution >= 0.6 is 34.3 Å². The number of halogens is 1. The molecule has 0 aliphatic carbocycles. The average Bonchev–Trinajstić information content (AvgIpc) is 3.56. The number of aromatic nitrogens is 3. The van der Waals surface area contributed by atoms with Gasteiger partial charge in [0.15, 0.2) is 4.96 Å². The van der Waals surface area contributed by atoms with Crippen molar-refractivity contribution < 1.29 is 9.53 Å². The summed E-state index contributed by atoms with van der Waals surface area (Å²) in [5.74, 6) is 0.749. The van der Waals surface area contributed by atoms with E-state index in [0.717, 1.165) is 43.9 Å². The molecule has 5 aromatic rings. The van der Waals surface area contributed by atoms with E-state index in [9.17, 15) is 4.79 Å². The molecule has 0 unspecified atom stereocenters. The number of imidazole rings is 1. The minimum Gasteiger partial charge on any atom is -0.497 e. The number of rotatable bonds is 7. The molecular formula is C24H19ClN4O2S2. The molecule has 9 heteroatoms. The second-order valence-corrected chi connectivity index (χ2v) is 9.47. The third-order valence-corrected chi connectivity index (χ3v) is 7.20. The number of carbonyl (C=O) groups is 1. The molecule has 0 aliphatic heterocycles. The van der Waals surface area contributed by atoms with Crippen molar-refractivity contribution in [2.75, 3.05) is 7.11 Å². The zero-order valence-corrected chi connectivity index (χ0v) is 20.0. The number of nitrogens with zero attached hydrogens (tertiary/aromatic N) is 3. The van der Waals surface area contributed by atoms with Gasteiger partial charge in [0.2, 0.25) is 5.91 Å². The maximum Gasteiger partial charge on any atom is 0.226 e. The van der Waals surface area contributed by atoms with E-state index in [1.165, 1.54) is 11.3 Å². The van der Waals surface area contributed by atoms with Gasteiger partial charge in [-0.05, 0) is 36.4 Å². The first-order chi connectivity index (χ1) is 16.1. The Labute approximate surface area is 203 Å². The zero-order chi connectivity index (χ0) is 22.8. The summed E-state index contributed by atoms with van der Waals surface area (Å²) in [5.41, 5.74) is 4.60. The van der Waals surface area contributed by atoms with Gasteiger partial charge >= 0.3 is 0 Å². The molecule has 0 spiro atoms. The summed E-state index contributed by atoms with van der Waals surface area (Å²) < 4.78 is 7.17. The van der Waals surface area contributed by atoms with Crippen LogP contribution in [0.5, 0.6) is 5.75 Å². The van der Waals surface area contributed by atoms with Crippen molar-refractivity contribution in [3.05, 3.63) is 81.9 Å². The van der Waals surface area contributed by atoms with Crippen molar-refractivity contribution in [3.8, 4) is 27.6 Å². The minimum atomic E-state index is -0.0598. The number of fused-ring (bicyclic) bond motifs is 1. The molecule has 2 aromatic carbocycles. The smallest absolute Gasteiger partial charge is 0.226 e. The van der Waals surface area contributed by atoms with Crippen molar-refractivity contribution in [2.45, 2.75) is 13.0 Å². The highest BCUT2D eigenvalue weighted by atomic mass is 35.5. The van der Waals surface area contributed by atoms with Crippen LogP contribution < -0.4 is 10.1 Å². The number of carbonyl (C=O) groups excluding carboxylic acids is 1. The molecule has 3 aromatic heterocycles. The van der Waals surface area contributed by atoms with E-state index in [0.29, 0.717) is 11.6 Å². The van der Waals surface area contributed by atoms with Crippen LogP contribution in [0.25, 0.3) is 26.8 Å². The Hall–Kier alpha value is -3.20. The molecule has 5 rings (SSSR count). The van der Waals surface area contributed by atoms with Crippen LogP contribution in [-0.4, -0.2) is 27.4 Å². The predicted octanol–water partition coefficient (Wildman–Crippen LogP) is 5.71. The number of amides is 1. The molecule has 0 aliphatic rings. The predicted molar refractivity (Wildman–Crippen MR) is 133 cm³/mol. The van der Waals surface area contributed by atoms with Gasteiger partial charge in [-0.2, -0.15) is 0 Å². The summed E-state index contributed by atoms with van der Waals surface area (Å²) >= 11 is 9.05. The molecule has 1 amide bonds. The number of hydrogen-bond acceptors (Lipinski definition) is 6. The zero-order valence-electron chi connectivity index (χ0n) is 17.6. The van der Waals surface area contributed by atoms with Gasteiger partial charge in [0, 0.05) is 38.8 Å². The molecule has 1 N–H and O–H groups in total. The van der Waals surface area contributed by atoms with E-state index < -0.39 is 0 Å². The Morgan fingerprint density at radius 1 is 1.03 bits per heavy atom. The van der Waals surface area contributed by atoms with Gasteiger partial charge in [0.1, 0.15) is 10.8 Å². The lowest BCUT2D eigenvalue weighted by Crippen LogP contribution is -2.25. The van der Waals surface area contributed by atoms with E-state index in [4.69, 9.17) is 16.3 Å². The van der Waals surface area contributed by atoms with Gasteiger partial charge in [-0.15, -0.1) is 22.7 Å². The van der Waals surface area contributed by atoms with Crippen molar-refractivity contribution in [1.29, 1.82) is 0 Å². The standard InChI is InChI=1S/C24H19ClN4O2S2/c1-31-20-8-4-16(5-9-20)23-27-18(13-32-23)11-26-22(30)10-19-14-33-24-28-21(12-29(19)24)15-2-6-17(25)7-3-15/h2-9,12-14H,10-11H2,1H3,(H,26,30). The summed E-state index contributed by atoms with van der Waals surface area (Å²) in [4.78, 5) is 22.8. The average molecular weight is 495 g/mol. The largest absolute Gasteiger partial charge is 0.497 e. The second-order valence-electron chi connectivity index (χ2n) is 7.34. The number of benzene rings is 2. The van der Waals surface area contributed by atoms with E-state index in [1.807, 2.05) is 69.9 Å². The first kappa shape index (κ1) is 21.6. The van der Waals surface area contributed by atoms with Gasteiger partial charge < -0.3 is 10.1 Å². The van der Waals surface area contributed by atoms with Crippen LogP contribution in [0, 0.1) is 0 Å². The number of ether oxygens (including phenoxy) is 1. The third kappa shape index (κ3) is 4.78. The lowest BCUT2D eigenvalue weighted by atomic mass is 10.2. The van der Waals surface area contributed by atoms with E-state index in [2.05, 4.69) is 15.3 Å². The van der Waals surface area contributed by atoms with E-state index in [1.54, 1.807) is 18.4 Å². The fourth-order valence-electron chi connectivity index (χ4n) is 3.39. The minimum absolute atomic E-state index is 0.0598. The number of thiazole rings is 2. The fourth-order valence-corrected chi connectivity index (χ4v) is 5.21. The highest BCUT2D eigenvalue weighted by Gasteiger charge is 2.13.